The van der Waals surface area contributed by atoms with Crippen LogP contribution in [-0.4, -0.2) is 24.6 Å². The van der Waals surface area contributed by atoms with Crippen LogP contribution in [0.15, 0.2) is 18.2 Å². The number of aryl methyl sites for hydroxylation is 1. The molecular weight excluding hydrogens is 276 g/mol. The number of carbonyl (C=O) groups is 1. The minimum absolute atomic E-state index is 0.0348. The lowest BCUT2D eigenvalue weighted by Crippen LogP contribution is -2.33. The first-order chi connectivity index (χ1) is 9.69. The minimum atomic E-state index is -0.0814. The van der Waals surface area contributed by atoms with Crippen molar-refractivity contribution in [3.05, 3.63) is 34.5 Å². The standard InChI is InChI=1S/C15H17ClN2O2/c1-20-8-14(19)17-13-4-2-3-10-11-7-9(16)5-6-12(11)18-15(10)13/h5-7,13,18H,2-4,8H2,1H3,(H,17,19)/t13-/m0/s1. The molecule has 20 heavy (non-hydrogen) atoms. The summed E-state index contributed by atoms with van der Waals surface area (Å²) in [5, 5.41) is 4.93. The number of H-pyrrole nitrogens is 1. The Bertz CT molecular complexity index is 651. The van der Waals surface area contributed by atoms with Gasteiger partial charge in [-0.1, -0.05) is 11.6 Å². The third kappa shape index (κ3) is 2.41. The zero-order valence-corrected chi connectivity index (χ0v) is 12.1. The van der Waals surface area contributed by atoms with Crippen molar-refractivity contribution in [3.63, 3.8) is 0 Å². The summed E-state index contributed by atoms with van der Waals surface area (Å²) in [5.41, 5.74) is 3.46. The van der Waals surface area contributed by atoms with Crippen LogP contribution in [0.25, 0.3) is 10.9 Å². The van der Waals surface area contributed by atoms with Gasteiger partial charge < -0.3 is 15.0 Å². The number of carbonyl (C=O) groups excluding carboxylic acids is 1. The highest BCUT2D eigenvalue weighted by Crippen LogP contribution is 2.35. The van der Waals surface area contributed by atoms with Gasteiger partial charge in [-0.3, -0.25) is 4.79 Å². The molecule has 4 nitrogen and oxygen atoms in total. The highest BCUT2D eigenvalue weighted by Gasteiger charge is 2.25. The molecule has 1 aromatic heterocycles. The van der Waals surface area contributed by atoms with Crippen molar-refractivity contribution in [2.45, 2.75) is 25.3 Å². The number of methoxy groups -OCH3 is 1. The SMILES string of the molecule is COCC(=O)N[C@H]1CCCc2c1[nH]c1ccc(Cl)cc21. The molecule has 5 heteroatoms. The van der Waals surface area contributed by atoms with Crippen molar-refractivity contribution in [1.82, 2.24) is 10.3 Å². The van der Waals surface area contributed by atoms with Crippen LogP contribution in [0.1, 0.15) is 30.1 Å². The molecule has 1 aliphatic rings. The zero-order chi connectivity index (χ0) is 14.1. The number of aromatic nitrogens is 1. The van der Waals surface area contributed by atoms with Gasteiger partial charge in [0.05, 0.1) is 6.04 Å². The predicted molar refractivity (Wildman–Crippen MR) is 79.0 cm³/mol. The van der Waals surface area contributed by atoms with Crippen LogP contribution in [0.2, 0.25) is 5.02 Å². The number of fused-ring (bicyclic) bond motifs is 3. The number of benzene rings is 1. The van der Waals surface area contributed by atoms with Gasteiger partial charge in [0.2, 0.25) is 5.91 Å². The van der Waals surface area contributed by atoms with E-state index in [9.17, 15) is 4.79 Å². The molecule has 0 saturated heterocycles. The Morgan fingerprint density at radius 3 is 3.20 bits per heavy atom. The summed E-state index contributed by atoms with van der Waals surface area (Å²) in [6.07, 6.45) is 3.03. The second kappa shape index (κ2) is 5.46. The summed E-state index contributed by atoms with van der Waals surface area (Å²) in [6, 6.07) is 5.90. The number of ether oxygens (including phenoxy) is 1. The van der Waals surface area contributed by atoms with Crippen LogP contribution in [0.4, 0.5) is 0 Å². The zero-order valence-electron chi connectivity index (χ0n) is 11.3. The van der Waals surface area contributed by atoms with Crippen molar-refractivity contribution in [1.29, 1.82) is 0 Å². The van der Waals surface area contributed by atoms with Crippen molar-refractivity contribution in [3.8, 4) is 0 Å². The Morgan fingerprint density at radius 1 is 1.55 bits per heavy atom. The highest BCUT2D eigenvalue weighted by molar-refractivity contribution is 6.31. The molecule has 1 aliphatic carbocycles. The number of amides is 1. The molecule has 106 valence electrons. The smallest absolute Gasteiger partial charge is 0.246 e. The molecule has 0 aliphatic heterocycles. The number of hydrogen-bond donors (Lipinski definition) is 2. The van der Waals surface area contributed by atoms with E-state index in [-0.39, 0.29) is 18.6 Å². The fourth-order valence-corrected chi connectivity index (χ4v) is 3.12. The molecule has 0 spiro atoms. The number of hydrogen-bond acceptors (Lipinski definition) is 2. The number of nitrogens with one attached hydrogen (secondary N) is 2. The summed E-state index contributed by atoms with van der Waals surface area (Å²) >= 11 is 6.08. The number of halogens is 1. The molecule has 0 radical (unpaired) electrons. The molecule has 1 heterocycles. The Labute approximate surface area is 122 Å². The molecule has 2 aromatic rings. The van der Waals surface area contributed by atoms with Crippen LogP contribution in [0.3, 0.4) is 0 Å². The second-order valence-corrected chi connectivity index (χ2v) is 5.59. The van der Waals surface area contributed by atoms with Crippen molar-refractivity contribution >= 4 is 28.4 Å². The molecule has 0 unspecified atom stereocenters. The average molecular weight is 293 g/mol. The third-order valence-corrected chi connectivity index (χ3v) is 4.01. The predicted octanol–water partition coefficient (Wildman–Crippen LogP) is 2.96. The Morgan fingerprint density at radius 2 is 2.40 bits per heavy atom. The van der Waals surface area contributed by atoms with E-state index in [0.717, 1.165) is 40.9 Å². The maximum atomic E-state index is 11.7. The lowest BCUT2D eigenvalue weighted by molar-refractivity contribution is -0.125. The topological polar surface area (TPSA) is 54.1 Å². The van der Waals surface area contributed by atoms with Gasteiger partial charge in [0, 0.05) is 28.7 Å². The third-order valence-electron chi connectivity index (χ3n) is 3.78. The normalized spacial score (nSPS) is 18.0. The molecule has 1 amide bonds. The van der Waals surface area contributed by atoms with Crippen LogP contribution >= 0.6 is 11.6 Å². The summed E-state index contributed by atoms with van der Waals surface area (Å²) in [5.74, 6) is -0.0814. The van der Waals surface area contributed by atoms with Gasteiger partial charge in [-0.15, -0.1) is 0 Å². The molecule has 1 atom stereocenters. The van der Waals surface area contributed by atoms with Gasteiger partial charge in [0.25, 0.3) is 0 Å². The molecule has 3 rings (SSSR count). The van der Waals surface area contributed by atoms with Gasteiger partial charge in [-0.25, -0.2) is 0 Å². The van der Waals surface area contributed by atoms with E-state index in [4.69, 9.17) is 16.3 Å². The summed E-state index contributed by atoms with van der Waals surface area (Å²) < 4.78 is 4.87. The minimum Gasteiger partial charge on any atom is -0.375 e. The van der Waals surface area contributed by atoms with E-state index in [2.05, 4.69) is 10.3 Å². The van der Waals surface area contributed by atoms with Crippen LogP contribution in [0.5, 0.6) is 0 Å². The van der Waals surface area contributed by atoms with E-state index in [0.29, 0.717) is 0 Å². The van der Waals surface area contributed by atoms with E-state index in [1.54, 1.807) is 0 Å². The Hall–Kier alpha value is -1.52. The first-order valence-corrected chi connectivity index (χ1v) is 7.15. The maximum Gasteiger partial charge on any atom is 0.246 e. The van der Waals surface area contributed by atoms with E-state index in [1.165, 1.54) is 12.7 Å². The largest absolute Gasteiger partial charge is 0.375 e. The molecule has 0 fully saturated rings. The number of rotatable bonds is 3. The molecule has 0 saturated carbocycles. The van der Waals surface area contributed by atoms with Gasteiger partial charge >= 0.3 is 0 Å². The molecule has 0 bridgehead atoms. The van der Waals surface area contributed by atoms with Crippen LogP contribution in [0, 0.1) is 0 Å². The van der Waals surface area contributed by atoms with E-state index < -0.39 is 0 Å². The van der Waals surface area contributed by atoms with Crippen molar-refractivity contribution in [2.75, 3.05) is 13.7 Å². The number of aromatic amines is 1. The van der Waals surface area contributed by atoms with Gasteiger partial charge in [0.15, 0.2) is 0 Å². The maximum absolute atomic E-state index is 11.7. The van der Waals surface area contributed by atoms with E-state index in [1.807, 2.05) is 18.2 Å². The molecule has 2 N–H and O–H groups in total. The lowest BCUT2D eigenvalue weighted by atomic mass is 9.91. The molecule has 1 aromatic carbocycles. The summed E-state index contributed by atoms with van der Waals surface area (Å²) in [7, 11) is 1.52. The quantitative estimate of drug-likeness (QED) is 0.914. The molecular formula is C15H17ClN2O2. The van der Waals surface area contributed by atoms with Gasteiger partial charge in [0.1, 0.15) is 6.61 Å². The lowest BCUT2D eigenvalue weighted by Gasteiger charge is -2.23. The van der Waals surface area contributed by atoms with Gasteiger partial charge in [-0.05, 0) is 43.0 Å². The van der Waals surface area contributed by atoms with Crippen LogP contribution in [-0.2, 0) is 16.0 Å². The van der Waals surface area contributed by atoms with E-state index >= 15 is 0 Å². The van der Waals surface area contributed by atoms with Gasteiger partial charge in [-0.2, -0.15) is 0 Å². The fraction of sp³-hybridized carbons (Fsp3) is 0.400. The average Bonchev–Trinajstić information content (AvgIpc) is 2.78. The Kier molecular flexibility index (Phi) is 3.68. The van der Waals surface area contributed by atoms with Crippen LogP contribution < -0.4 is 5.32 Å². The first-order valence-electron chi connectivity index (χ1n) is 6.77. The first kappa shape index (κ1) is 13.5. The second-order valence-electron chi connectivity index (χ2n) is 5.15. The Balaban J connectivity index is 1.96. The van der Waals surface area contributed by atoms with Crippen molar-refractivity contribution < 1.29 is 9.53 Å². The highest BCUT2D eigenvalue weighted by atomic mass is 35.5. The summed E-state index contributed by atoms with van der Waals surface area (Å²) in [6.45, 7) is 0.0951. The fourth-order valence-electron chi connectivity index (χ4n) is 2.95. The summed E-state index contributed by atoms with van der Waals surface area (Å²) in [4.78, 5) is 15.1. The monoisotopic (exact) mass is 292 g/mol. The van der Waals surface area contributed by atoms with Crippen molar-refractivity contribution in [2.24, 2.45) is 0 Å².